The molecule has 0 aliphatic carbocycles. The highest BCUT2D eigenvalue weighted by atomic mass is 19.4. The summed E-state index contributed by atoms with van der Waals surface area (Å²) in [6.07, 6.45) is -1.97. The van der Waals surface area contributed by atoms with Gasteiger partial charge in [0.2, 0.25) is 11.5 Å². The molecule has 2 aromatic heterocycles. The minimum absolute atomic E-state index is 0.332. The number of nitrogens with one attached hydrogen (secondary N) is 2. The summed E-state index contributed by atoms with van der Waals surface area (Å²) in [5, 5.41) is 14.8. The Morgan fingerprint density at radius 2 is 2.08 bits per heavy atom. The number of pyridine rings is 1. The van der Waals surface area contributed by atoms with Gasteiger partial charge in [-0.05, 0) is 6.07 Å². The van der Waals surface area contributed by atoms with Gasteiger partial charge in [0.15, 0.2) is 0 Å². The smallest absolute Gasteiger partial charge is 0.424 e. The second-order valence-electron chi connectivity index (χ2n) is 5.44. The number of anilines is 1. The predicted octanol–water partition coefficient (Wildman–Crippen LogP) is 1.79. The average Bonchev–Trinajstić information content (AvgIpc) is 3.01. The lowest BCUT2D eigenvalue weighted by atomic mass is 9.97. The lowest BCUT2D eigenvalue weighted by molar-refractivity contribution is -0.272. The van der Waals surface area contributed by atoms with Crippen LogP contribution in [0.25, 0.3) is 0 Å². The molecule has 0 aromatic carbocycles. The minimum atomic E-state index is -4.95. The molecule has 8 nitrogen and oxygen atoms in total. The Hall–Kier alpha value is -2.82. The average molecular weight is 373 g/mol. The van der Waals surface area contributed by atoms with E-state index in [1.54, 1.807) is 0 Å². The maximum Gasteiger partial charge on any atom is 0.424 e. The lowest BCUT2D eigenvalue weighted by Gasteiger charge is -2.29. The quantitative estimate of drug-likeness (QED) is 0.717. The maximum absolute atomic E-state index is 13.3. The lowest BCUT2D eigenvalue weighted by Crippen LogP contribution is -2.47. The molecule has 2 aromatic rings. The molecule has 142 valence electrons. The zero-order valence-electron chi connectivity index (χ0n) is 14.0. The second kappa shape index (κ2) is 7.60. The van der Waals surface area contributed by atoms with Crippen molar-refractivity contribution < 1.29 is 27.8 Å². The number of amides is 2. The summed E-state index contributed by atoms with van der Waals surface area (Å²) in [7, 11) is 2.78. The van der Waals surface area contributed by atoms with Crippen molar-refractivity contribution in [1.29, 1.82) is 0 Å². The Balaban J connectivity index is 1.97. The number of carbonyl (C=O) groups excluding carboxylic acids is 1. The van der Waals surface area contributed by atoms with Crippen LogP contribution >= 0.6 is 0 Å². The molecule has 0 aliphatic rings. The zero-order valence-corrected chi connectivity index (χ0v) is 14.0. The van der Waals surface area contributed by atoms with Gasteiger partial charge < -0.3 is 25.0 Å². The number of carbonyl (C=O) groups is 1. The first kappa shape index (κ1) is 19.5. The molecular formula is C15H18F3N5O3. The molecular weight excluding hydrogens is 355 g/mol. The van der Waals surface area contributed by atoms with Gasteiger partial charge in [-0.25, -0.2) is 14.8 Å². The van der Waals surface area contributed by atoms with Crippen molar-refractivity contribution in [2.75, 3.05) is 19.0 Å². The molecule has 0 bridgehead atoms. The van der Waals surface area contributed by atoms with Crippen molar-refractivity contribution in [2.45, 2.75) is 18.2 Å². The van der Waals surface area contributed by atoms with Gasteiger partial charge in [-0.15, -0.1) is 0 Å². The fraction of sp³-hybridized carbons (Fsp3) is 0.400. The SMILES string of the molecule is COc1ccc(NC(=O)NCC[C@](O)(c2nccn2C)C(F)(F)F)cn1. The highest BCUT2D eigenvalue weighted by Crippen LogP contribution is 2.40. The van der Waals surface area contributed by atoms with Crippen LogP contribution in [-0.4, -0.2) is 45.5 Å². The monoisotopic (exact) mass is 373 g/mol. The van der Waals surface area contributed by atoms with E-state index in [4.69, 9.17) is 4.74 Å². The number of imidazole rings is 1. The summed E-state index contributed by atoms with van der Waals surface area (Å²) in [6, 6.07) is 2.30. The highest BCUT2D eigenvalue weighted by molar-refractivity contribution is 5.88. The van der Waals surface area contributed by atoms with Crippen LogP contribution in [0.1, 0.15) is 12.2 Å². The van der Waals surface area contributed by atoms with Crippen molar-refractivity contribution >= 4 is 11.7 Å². The first-order valence-corrected chi connectivity index (χ1v) is 7.49. The van der Waals surface area contributed by atoms with Gasteiger partial charge in [-0.1, -0.05) is 0 Å². The summed E-state index contributed by atoms with van der Waals surface area (Å²) in [5.74, 6) is -0.201. The van der Waals surface area contributed by atoms with Gasteiger partial charge in [0, 0.05) is 38.5 Å². The fourth-order valence-electron chi connectivity index (χ4n) is 2.25. The third kappa shape index (κ3) is 4.23. The number of hydrogen-bond donors (Lipinski definition) is 3. The van der Waals surface area contributed by atoms with E-state index in [0.717, 1.165) is 10.8 Å². The molecule has 2 amide bonds. The van der Waals surface area contributed by atoms with Crippen LogP contribution in [0.2, 0.25) is 0 Å². The number of aryl methyl sites for hydroxylation is 1. The molecule has 0 unspecified atom stereocenters. The molecule has 0 radical (unpaired) electrons. The van der Waals surface area contributed by atoms with Crippen LogP contribution in [0.5, 0.6) is 5.88 Å². The molecule has 2 heterocycles. The number of methoxy groups -OCH3 is 1. The van der Waals surface area contributed by atoms with Gasteiger partial charge in [0.1, 0.15) is 5.82 Å². The van der Waals surface area contributed by atoms with E-state index >= 15 is 0 Å². The van der Waals surface area contributed by atoms with Crippen molar-refractivity contribution in [3.8, 4) is 5.88 Å². The Morgan fingerprint density at radius 3 is 2.58 bits per heavy atom. The topological polar surface area (TPSA) is 101 Å². The van der Waals surface area contributed by atoms with Crippen LogP contribution < -0.4 is 15.4 Å². The van der Waals surface area contributed by atoms with Gasteiger partial charge in [-0.3, -0.25) is 0 Å². The predicted molar refractivity (Wildman–Crippen MR) is 85.6 cm³/mol. The fourth-order valence-corrected chi connectivity index (χ4v) is 2.25. The normalized spacial score (nSPS) is 13.8. The first-order valence-electron chi connectivity index (χ1n) is 7.49. The Bertz CT molecular complexity index is 748. The van der Waals surface area contributed by atoms with E-state index in [2.05, 4.69) is 20.6 Å². The molecule has 0 spiro atoms. The Kier molecular flexibility index (Phi) is 5.70. The minimum Gasteiger partial charge on any atom is -0.481 e. The number of nitrogens with zero attached hydrogens (tertiary/aromatic N) is 3. The molecule has 2 rings (SSSR count). The zero-order chi connectivity index (χ0) is 19.4. The number of aromatic nitrogens is 3. The first-order chi connectivity index (χ1) is 12.2. The molecule has 0 saturated carbocycles. The largest absolute Gasteiger partial charge is 0.481 e. The third-order valence-corrected chi connectivity index (χ3v) is 3.64. The molecule has 0 saturated heterocycles. The summed E-state index contributed by atoms with van der Waals surface area (Å²) in [6.45, 7) is -0.432. The van der Waals surface area contributed by atoms with Crippen molar-refractivity contribution in [3.05, 3.63) is 36.5 Å². The summed E-state index contributed by atoms with van der Waals surface area (Å²) in [4.78, 5) is 19.3. The number of hydrogen-bond acceptors (Lipinski definition) is 5. The highest BCUT2D eigenvalue weighted by Gasteiger charge is 2.57. The molecule has 0 aliphatic heterocycles. The van der Waals surface area contributed by atoms with Gasteiger partial charge in [-0.2, -0.15) is 13.2 Å². The van der Waals surface area contributed by atoms with E-state index in [-0.39, 0.29) is 0 Å². The van der Waals surface area contributed by atoms with Crippen molar-refractivity contribution in [1.82, 2.24) is 19.9 Å². The van der Waals surface area contributed by atoms with E-state index in [1.807, 2.05) is 0 Å². The van der Waals surface area contributed by atoms with E-state index < -0.39 is 36.6 Å². The third-order valence-electron chi connectivity index (χ3n) is 3.64. The van der Waals surface area contributed by atoms with E-state index in [9.17, 15) is 23.1 Å². The number of halogens is 3. The number of rotatable bonds is 6. The second-order valence-corrected chi connectivity index (χ2v) is 5.44. The Morgan fingerprint density at radius 1 is 1.35 bits per heavy atom. The molecule has 26 heavy (non-hydrogen) atoms. The number of aliphatic hydroxyl groups is 1. The molecule has 1 atom stereocenters. The number of alkyl halides is 3. The van der Waals surface area contributed by atoms with Crippen molar-refractivity contribution in [3.63, 3.8) is 0 Å². The molecule has 3 N–H and O–H groups in total. The van der Waals surface area contributed by atoms with Crippen LogP contribution in [0.15, 0.2) is 30.7 Å². The van der Waals surface area contributed by atoms with E-state index in [1.165, 1.54) is 38.7 Å². The Labute approximate surface area is 147 Å². The molecule has 11 heteroatoms. The van der Waals surface area contributed by atoms with Crippen LogP contribution in [0.3, 0.4) is 0 Å². The summed E-state index contributed by atoms with van der Waals surface area (Å²) < 4.78 is 46.0. The van der Waals surface area contributed by atoms with Crippen LogP contribution in [0, 0.1) is 0 Å². The van der Waals surface area contributed by atoms with Gasteiger partial charge >= 0.3 is 12.2 Å². The maximum atomic E-state index is 13.3. The number of urea groups is 1. The van der Waals surface area contributed by atoms with Crippen LogP contribution in [-0.2, 0) is 12.6 Å². The molecule has 0 fully saturated rings. The van der Waals surface area contributed by atoms with E-state index in [0.29, 0.717) is 11.6 Å². The van der Waals surface area contributed by atoms with Crippen LogP contribution in [0.4, 0.5) is 23.7 Å². The standard InChI is InChI=1S/C15H18F3N5O3/c1-23-8-7-19-12(23)14(25,15(16,17)18)5-6-20-13(24)22-10-3-4-11(26-2)21-9-10/h3-4,7-9,25H,5-6H2,1-2H3,(H2,20,22,24)/t14-/m0/s1. The number of ether oxygens (including phenoxy) is 1. The summed E-state index contributed by atoms with van der Waals surface area (Å²) >= 11 is 0. The van der Waals surface area contributed by atoms with Gasteiger partial charge in [0.05, 0.1) is 19.0 Å². The van der Waals surface area contributed by atoms with Gasteiger partial charge in [0.25, 0.3) is 0 Å². The summed E-state index contributed by atoms with van der Waals surface area (Å²) in [5.41, 5.74) is -2.85. The van der Waals surface area contributed by atoms with Crippen molar-refractivity contribution in [2.24, 2.45) is 7.05 Å².